The van der Waals surface area contributed by atoms with Gasteiger partial charge in [0.05, 0.1) is 11.3 Å². The first kappa shape index (κ1) is 15.3. The molecule has 0 aromatic carbocycles. The van der Waals surface area contributed by atoms with Gasteiger partial charge in [-0.15, -0.1) is 0 Å². The molecule has 94 valence electrons. The van der Waals surface area contributed by atoms with Crippen LogP contribution in [0, 0.1) is 0 Å². The van der Waals surface area contributed by atoms with Gasteiger partial charge in [0, 0.05) is 10.6 Å². The van der Waals surface area contributed by atoms with Crippen molar-refractivity contribution in [1.29, 1.82) is 0 Å². The fraction of sp³-hybridized carbons (Fsp3) is 0.727. The summed E-state index contributed by atoms with van der Waals surface area (Å²) in [6.07, 6.45) is 0. The normalized spacial score (nSPS) is 14.4. The molecule has 0 spiro atoms. The Morgan fingerprint density at radius 1 is 1.25 bits per heavy atom. The fourth-order valence-corrected chi connectivity index (χ4v) is 0.936. The molecule has 0 fully saturated rings. The molecule has 0 heterocycles. The van der Waals surface area contributed by atoms with E-state index in [9.17, 15) is 5.11 Å². The minimum absolute atomic E-state index is 0.555. The van der Waals surface area contributed by atoms with Crippen LogP contribution in [-0.4, -0.2) is 21.2 Å². The Kier molecular flexibility index (Phi) is 4.91. The third kappa shape index (κ3) is 4.08. The fourth-order valence-electron chi connectivity index (χ4n) is 0.734. The number of nitrogens with one attached hydrogen (secondary N) is 1. The van der Waals surface area contributed by atoms with Crippen LogP contribution in [0.1, 0.15) is 41.5 Å². The first-order valence-corrected chi connectivity index (χ1v) is 5.53. The zero-order valence-electron chi connectivity index (χ0n) is 10.8. The molecule has 0 bridgehead atoms. The highest BCUT2D eigenvalue weighted by Gasteiger charge is 2.37. The smallest absolute Gasteiger partial charge is 0.118 e. The van der Waals surface area contributed by atoms with E-state index in [1.165, 1.54) is 0 Å². The van der Waals surface area contributed by atoms with Gasteiger partial charge in [-0.05, 0) is 41.5 Å². The summed E-state index contributed by atoms with van der Waals surface area (Å²) in [4.78, 5) is 6.07. The first-order chi connectivity index (χ1) is 6.99. The summed E-state index contributed by atoms with van der Waals surface area (Å²) >= 11 is 5.03. The monoisotopic (exact) mass is 246 g/mol. The van der Waals surface area contributed by atoms with E-state index < -0.39 is 11.2 Å². The Bertz CT molecular complexity index is 300. The van der Waals surface area contributed by atoms with Crippen molar-refractivity contribution in [3.8, 4) is 0 Å². The van der Waals surface area contributed by atoms with Crippen LogP contribution in [0.25, 0.3) is 0 Å². The molecule has 0 aromatic heterocycles. The lowest BCUT2D eigenvalue weighted by molar-refractivity contribution is -0.174. The summed E-state index contributed by atoms with van der Waals surface area (Å²) in [5.41, 5.74) is 7.76. The lowest BCUT2D eigenvalue weighted by Crippen LogP contribution is -2.50. The predicted molar refractivity (Wildman–Crippen MR) is 69.8 cm³/mol. The van der Waals surface area contributed by atoms with Crippen molar-refractivity contribution < 1.29 is 9.94 Å². The van der Waals surface area contributed by atoms with Gasteiger partial charge in [-0.3, -0.25) is 10.3 Å². The van der Waals surface area contributed by atoms with Gasteiger partial charge in [0.25, 0.3) is 0 Å². The number of hydroxylamine groups is 1. The summed E-state index contributed by atoms with van der Waals surface area (Å²) in [6, 6.07) is 0. The molecule has 0 radical (unpaired) electrons. The largest absolute Gasteiger partial charge is 0.401 e. The molecule has 0 aromatic rings. The summed E-state index contributed by atoms with van der Waals surface area (Å²) in [5, 5.41) is 9.89. The molecule has 4 nitrogen and oxygen atoms in total. The Balaban J connectivity index is 4.69. The van der Waals surface area contributed by atoms with Crippen molar-refractivity contribution in [1.82, 2.24) is 5.48 Å². The summed E-state index contributed by atoms with van der Waals surface area (Å²) in [7, 11) is 0. The highest BCUT2D eigenvalue weighted by Crippen LogP contribution is 2.24. The minimum atomic E-state index is -0.983. The molecule has 0 aliphatic rings. The summed E-state index contributed by atoms with van der Waals surface area (Å²) in [5.74, 6) is 0. The van der Waals surface area contributed by atoms with E-state index in [-0.39, 0.29) is 0 Å². The van der Waals surface area contributed by atoms with E-state index in [1.54, 1.807) is 41.5 Å². The van der Waals surface area contributed by atoms with Gasteiger partial charge in [0.1, 0.15) is 5.60 Å². The number of rotatable bonds is 5. The predicted octanol–water partition coefficient (Wildman–Crippen LogP) is 1.64. The molecule has 0 saturated carbocycles. The molecule has 16 heavy (non-hydrogen) atoms. The van der Waals surface area contributed by atoms with E-state index in [0.717, 1.165) is 0 Å². The summed E-state index contributed by atoms with van der Waals surface area (Å²) < 4.78 is 0. The molecule has 0 amide bonds. The van der Waals surface area contributed by atoms with E-state index in [1.807, 2.05) is 0 Å². The number of hydrogen-bond donors (Lipinski definition) is 3. The van der Waals surface area contributed by atoms with Crippen LogP contribution in [0.2, 0.25) is 0 Å². The number of aliphatic hydroxyl groups is 1. The number of nitrogens with two attached hydrogens (primary N) is 1. The van der Waals surface area contributed by atoms with Crippen molar-refractivity contribution in [3.05, 3.63) is 11.4 Å². The van der Waals surface area contributed by atoms with E-state index >= 15 is 0 Å². The second-order valence-corrected chi connectivity index (χ2v) is 5.50. The zero-order chi connectivity index (χ0) is 13.1. The van der Waals surface area contributed by atoms with Gasteiger partial charge in [0.15, 0.2) is 0 Å². The van der Waals surface area contributed by atoms with Gasteiger partial charge in [-0.2, -0.15) is 0 Å². The second-order valence-electron chi connectivity index (χ2n) is 4.89. The maximum absolute atomic E-state index is 9.89. The molecule has 0 atom stereocenters. The number of allylic oxidation sites excluding steroid dienone is 2. The molecule has 4 N–H and O–H groups in total. The maximum atomic E-state index is 9.89. The van der Waals surface area contributed by atoms with Gasteiger partial charge in [0.2, 0.25) is 0 Å². The van der Waals surface area contributed by atoms with Crippen molar-refractivity contribution in [2.24, 2.45) is 5.73 Å². The van der Waals surface area contributed by atoms with Crippen LogP contribution in [0.5, 0.6) is 0 Å². The van der Waals surface area contributed by atoms with Crippen molar-refractivity contribution in [2.45, 2.75) is 52.7 Å². The zero-order valence-corrected chi connectivity index (χ0v) is 11.7. The Morgan fingerprint density at radius 3 is 1.94 bits per heavy atom. The first-order valence-electron chi connectivity index (χ1n) is 5.12. The van der Waals surface area contributed by atoms with Crippen LogP contribution in [0.3, 0.4) is 0 Å². The third-order valence-corrected chi connectivity index (χ3v) is 2.83. The van der Waals surface area contributed by atoms with Crippen LogP contribution in [0.4, 0.5) is 0 Å². The molecule has 0 aliphatic heterocycles. The van der Waals surface area contributed by atoms with Crippen LogP contribution in [0.15, 0.2) is 11.4 Å². The number of hydrogen-bond acceptors (Lipinski definition) is 5. The topological polar surface area (TPSA) is 67.5 Å². The molecule has 0 rings (SSSR count). The number of thiocarbonyl (C=S) groups is 1. The van der Waals surface area contributed by atoms with Crippen molar-refractivity contribution in [3.63, 3.8) is 0 Å². The lowest BCUT2D eigenvalue weighted by Gasteiger charge is -2.36. The average molecular weight is 246 g/mol. The quantitative estimate of drug-likeness (QED) is 0.391. The highest BCUT2D eigenvalue weighted by molar-refractivity contribution is 7.80. The van der Waals surface area contributed by atoms with Crippen LogP contribution >= 0.6 is 12.2 Å². The average Bonchev–Trinajstić information content (AvgIpc) is 1.99. The summed E-state index contributed by atoms with van der Waals surface area (Å²) in [6.45, 7) is 10.4. The second kappa shape index (κ2) is 5.12. The maximum Gasteiger partial charge on any atom is 0.118 e. The van der Waals surface area contributed by atoms with Gasteiger partial charge >= 0.3 is 0 Å². The minimum Gasteiger partial charge on any atom is -0.401 e. The Hall–Kier alpha value is -0.650. The SMILES string of the molecule is CC(=S)/C(NOC(C)(C)C(C)(C)O)=C(/C)N. The van der Waals surface area contributed by atoms with Gasteiger partial charge < -0.3 is 10.8 Å². The van der Waals surface area contributed by atoms with Crippen LogP contribution in [-0.2, 0) is 4.84 Å². The Labute approximate surface area is 103 Å². The molecule has 0 saturated heterocycles. The molecule has 0 aliphatic carbocycles. The van der Waals surface area contributed by atoms with E-state index in [2.05, 4.69) is 5.48 Å². The van der Waals surface area contributed by atoms with Crippen molar-refractivity contribution >= 4 is 17.1 Å². The highest BCUT2D eigenvalue weighted by atomic mass is 32.1. The molecular weight excluding hydrogens is 224 g/mol. The van der Waals surface area contributed by atoms with E-state index in [4.69, 9.17) is 22.8 Å². The lowest BCUT2D eigenvalue weighted by atomic mass is 9.90. The van der Waals surface area contributed by atoms with Crippen molar-refractivity contribution in [2.75, 3.05) is 0 Å². The van der Waals surface area contributed by atoms with E-state index in [0.29, 0.717) is 16.3 Å². The van der Waals surface area contributed by atoms with Crippen LogP contribution < -0.4 is 11.2 Å². The standard InChI is InChI=1S/C11H22N2O2S/c1-7(12)9(8(2)16)13-15-11(5,6)10(3,4)14/h13-14H,12H2,1-6H3/b9-7+. The Morgan fingerprint density at radius 2 is 1.69 bits per heavy atom. The molecular formula is C11H22N2O2S. The van der Waals surface area contributed by atoms with Gasteiger partial charge in [-0.1, -0.05) is 12.2 Å². The third-order valence-electron chi connectivity index (χ3n) is 2.63. The van der Waals surface area contributed by atoms with Gasteiger partial charge in [-0.25, -0.2) is 0 Å². The molecule has 0 unspecified atom stereocenters. The molecule has 5 heteroatoms.